The van der Waals surface area contributed by atoms with Crippen molar-refractivity contribution in [2.24, 2.45) is 0 Å². The van der Waals surface area contributed by atoms with Crippen LogP contribution in [0.2, 0.25) is 5.02 Å². The molecule has 0 aliphatic heterocycles. The van der Waals surface area contributed by atoms with E-state index in [1.54, 1.807) is 0 Å². The van der Waals surface area contributed by atoms with E-state index in [-0.39, 0.29) is 19.4 Å². The number of aliphatic carboxylic acids is 1. The van der Waals surface area contributed by atoms with Crippen molar-refractivity contribution in [1.82, 2.24) is 4.72 Å². The van der Waals surface area contributed by atoms with Gasteiger partial charge in [-0.2, -0.15) is 13.2 Å². The van der Waals surface area contributed by atoms with Gasteiger partial charge in [-0.25, -0.2) is 13.1 Å². The molecule has 0 saturated carbocycles. The molecule has 5 nitrogen and oxygen atoms in total. The van der Waals surface area contributed by atoms with Gasteiger partial charge in [-0.15, -0.1) is 0 Å². The summed E-state index contributed by atoms with van der Waals surface area (Å²) >= 11 is 5.39. The van der Waals surface area contributed by atoms with Gasteiger partial charge in [0.15, 0.2) is 0 Å². The number of carboxylic acids is 1. The highest BCUT2D eigenvalue weighted by atomic mass is 35.5. The molecule has 0 aliphatic carbocycles. The first-order valence-corrected chi connectivity index (χ1v) is 7.48. The lowest BCUT2D eigenvalue weighted by Crippen LogP contribution is -2.25. The number of carboxylic acid groups (broad SMARTS) is 1. The summed E-state index contributed by atoms with van der Waals surface area (Å²) in [5.74, 6) is -1.10. The summed E-state index contributed by atoms with van der Waals surface area (Å²) in [6.07, 6.45) is -5.00. The lowest BCUT2D eigenvalue weighted by molar-refractivity contribution is -0.138. The predicted octanol–water partition coefficient (Wildman–Crippen LogP) is 2.50. The van der Waals surface area contributed by atoms with Gasteiger partial charge in [0, 0.05) is 13.0 Å². The highest BCUT2D eigenvalue weighted by molar-refractivity contribution is 7.89. The third kappa shape index (κ3) is 5.18. The molecule has 1 rings (SSSR count). The van der Waals surface area contributed by atoms with Crippen LogP contribution < -0.4 is 4.72 Å². The van der Waals surface area contributed by atoms with Crippen LogP contribution in [-0.2, 0) is 21.0 Å². The molecule has 0 amide bonds. The zero-order chi connectivity index (χ0) is 16.3. The van der Waals surface area contributed by atoms with Gasteiger partial charge >= 0.3 is 12.1 Å². The minimum Gasteiger partial charge on any atom is -0.481 e. The molecule has 0 fully saturated rings. The number of benzene rings is 1. The molecule has 0 unspecified atom stereocenters. The summed E-state index contributed by atoms with van der Waals surface area (Å²) in [6, 6.07) is 2.22. The molecule has 1 aromatic rings. The molecule has 0 saturated heterocycles. The van der Waals surface area contributed by atoms with E-state index in [1.165, 1.54) is 0 Å². The van der Waals surface area contributed by atoms with Crippen molar-refractivity contribution < 1.29 is 31.5 Å². The Bertz CT molecular complexity index is 631. The molecule has 0 radical (unpaired) electrons. The zero-order valence-corrected chi connectivity index (χ0v) is 12.0. The third-order valence-electron chi connectivity index (χ3n) is 2.41. The summed E-state index contributed by atoms with van der Waals surface area (Å²) in [6.45, 7) is -0.196. The molecule has 0 atom stereocenters. The summed E-state index contributed by atoms with van der Waals surface area (Å²) in [4.78, 5) is 9.68. The molecule has 0 bridgehead atoms. The minimum atomic E-state index is -4.77. The number of rotatable bonds is 6. The largest absolute Gasteiger partial charge is 0.481 e. The Kier molecular flexibility index (Phi) is 5.60. The monoisotopic (exact) mass is 345 g/mol. The predicted molar refractivity (Wildman–Crippen MR) is 68.5 cm³/mol. The average molecular weight is 346 g/mol. The minimum absolute atomic E-state index is 0.0221. The van der Waals surface area contributed by atoms with Crippen molar-refractivity contribution in [3.63, 3.8) is 0 Å². The Morgan fingerprint density at radius 2 is 1.95 bits per heavy atom. The lowest BCUT2D eigenvalue weighted by atomic mass is 10.2. The number of alkyl halides is 3. The van der Waals surface area contributed by atoms with Gasteiger partial charge in [0.05, 0.1) is 15.5 Å². The molecule has 0 aromatic heterocycles. The second-order valence-electron chi connectivity index (χ2n) is 4.03. The third-order valence-corrected chi connectivity index (χ3v) is 4.20. The van der Waals surface area contributed by atoms with Crippen LogP contribution >= 0.6 is 11.6 Å². The van der Waals surface area contributed by atoms with Gasteiger partial charge in [0.1, 0.15) is 0 Å². The van der Waals surface area contributed by atoms with Crippen molar-refractivity contribution in [2.75, 3.05) is 6.54 Å². The van der Waals surface area contributed by atoms with Crippen LogP contribution in [0.15, 0.2) is 23.1 Å². The zero-order valence-electron chi connectivity index (χ0n) is 10.4. The molecule has 0 heterocycles. The maximum atomic E-state index is 12.6. The highest BCUT2D eigenvalue weighted by Crippen LogP contribution is 2.35. The van der Waals surface area contributed by atoms with E-state index in [4.69, 9.17) is 16.7 Å². The Morgan fingerprint density at radius 3 is 2.48 bits per heavy atom. The van der Waals surface area contributed by atoms with Gasteiger partial charge in [-0.1, -0.05) is 11.6 Å². The molecular formula is C11H11ClF3NO4S. The van der Waals surface area contributed by atoms with Crippen LogP contribution in [0.4, 0.5) is 13.2 Å². The van der Waals surface area contributed by atoms with Crippen LogP contribution in [0.1, 0.15) is 18.4 Å². The Hall–Kier alpha value is -1.32. The summed E-state index contributed by atoms with van der Waals surface area (Å²) in [7, 11) is -4.16. The SMILES string of the molecule is O=C(O)CCCNS(=O)(=O)c1ccc(Cl)c(C(F)(F)F)c1. The second-order valence-corrected chi connectivity index (χ2v) is 6.21. The Balaban J connectivity index is 2.91. The van der Waals surface area contributed by atoms with Crippen LogP contribution in [0.3, 0.4) is 0 Å². The van der Waals surface area contributed by atoms with E-state index in [9.17, 15) is 26.4 Å². The van der Waals surface area contributed by atoms with Crippen LogP contribution in [0.25, 0.3) is 0 Å². The van der Waals surface area contributed by atoms with Crippen LogP contribution in [0, 0.1) is 0 Å². The normalized spacial score (nSPS) is 12.4. The standard InChI is InChI=1S/C11H11ClF3NO4S/c12-9-4-3-7(6-8(9)11(13,14)15)21(19,20)16-5-1-2-10(17)18/h3-4,6,16H,1-2,5H2,(H,17,18). The van der Waals surface area contributed by atoms with Crippen molar-refractivity contribution in [3.05, 3.63) is 28.8 Å². The average Bonchev–Trinajstić information content (AvgIpc) is 2.33. The Labute approximate surface area is 123 Å². The van der Waals surface area contributed by atoms with Gasteiger partial charge in [-0.05, 0) is 24.6 Å². The number of nitrogens with one attached hydrogen (secondary N) is 1. The van der Waals surface area contributed by atoms with Crippen LogP contribution in [-0.4, -0.2) is 26.0 Å². The van der Waals surface area contributed by atoms with Gasteiger partial charge < -0.3 is 5.11 Å². The molecule has 10 heteroatoms. The smallest absolute Gasteiger partial charge is 0.417 e. The fourth-order valence-corrected chi connectivity index (χ4v) is 2.74. The van der Waals surface area contributed by atoms with E-state index in [0.29, 0.717) is 6.07 Å². The molecule has 2 N–H and O–H groups in total. The highest BCUT2D eigenvalue weighted by Gasteiger charge is 2.34. The van der Waals surface area contributed by atoms with Gasteiger partial charge in [-0.3, -0.25) is 4.79 Å². The molecule has 118 valence electrons. The molecule has 1 aromatic carbocycles. The lowest BCUT2D eigenvalue weighted by Gasteiger charge is -2.11. The first kappa shape index (κ1) is 17.7. The fourth-order valence-electron chi connectivity index (χ4n) is 1.42. The number of hydrogen-bond donors (Lipinski definition) is 2. The topological polar surface area (TPSA) is 83.5 Å². The molecule has 21 heavy (non-hydrogen) atoms. The first-order valence-electron chi connectivity index (χ1n) is 5.62. The van der Waals surface area contributed by atoms with Gasteiger partial charge in [0.2, 0.25) is 10.0 Å². The van der Waals surface area contributed by atoms with Crippen molar-refractivity contribution in [2.45, 2.75) is 23.9 Å². The van der Waals surface area contributed by atoms with E-state index in [0.717, 1.165) is 12.1 Å². The Morgan fingerprint density at radius 1 is 1.33 bits per heavy atom. The van der Waals surface area contributed by atoms with E-state index in [1.807, 2.05) is 4.72 Å². The quantitative estimate of drug-likeness (QED) is 0.776. The molecule has 0 aliphatic rings. The second kappa shape index (κ2) is 6.63. The summed E-state index contributed by atoms with van der Waals surface area (Å²) < 4.78 is 63.6. The van der Waals surface area contributed by atoms with E-state index >= 15 is 0 Å². The maximum Gasteiger partial charge on any atom is 0.417 e. The maximum absolute atomic E-state index is 12.6. The molecule has 0 spiro atoms. The van der Waals surface area contributed by atoms with E-state index < -0.39 is 37.7 Å². The number of halogens is 4. The number of carbonyl (C=O) groups is 1. The fraction of sp³-hybridized carbons (Fsp3) is 0.364. The van der Waals surface area contributed by atoms with Crippen LogP contribution in [0.5, 0.6) is 0 Å². The van der Waals surface area contributed by atoms with Crippen molar-refractivity contribution in [1.29, 1.82) is 0 Å². The first-order chi connectivity index (χ1) is 9.54. The van der Waals surface area contributed by atoms with E-state index in [2.05, 4.69) is 0 Å². The van der Waals surface area contributed by atoms with Crippen molar-refractivity contribution in [3.8, 4) is 0 Å². The number of sulfonamides is 1. The molecular weight excluding hydrogens is 335 g/mol. The number of hydrogen-bond acceptors (Lipinski definition) is 3. The summed E-state index contributed by atoms with van der Waals surface area (Å²) in [5.41, 5.74) is -1.25. The van der Waals surface area contributed by atoms with Crippen molar-refractivity contribution >= 4 is 27.6 Å². The van der Waals surface area contributed by atoms with Gasteiger partial charge in [0.25, 0.3) is 0 Å². The summed E-state index contributed by atoms with van der Waals surface area (Å²) in [5, 5.41) is 7.80.